The van der Waals surface area contributed by atoms with Crippen LogP contribution in [-0.2, 0) is 38.1 Å². The van der Waals surface area contributed by atoms with Crippen molar-refractivity contribution in [3.05, 3.63) is 17.6 Å². The van der Waals surface area contributed by atoms with E-state index in [0.29, 0.717) is 8.81 Å². The van der Waals surface area contributed by atoms with Crippen molar-refractivity contribution in [1.82, 2.24) is 0 Å². The summed E-state index contributed by atoms with van der Waals surface area (Å²) in [5.74, 6) is 12.8. The fourth-order valence-electron chi connectivity index (χ4n) is 3.44. The molecule has 176 valence electrons. The molecule has 0 spiro atoms. The molecule has 0 fully saturated rings. The molecular weight excluding hydrogens is 586 g/mol. The molecule has 0 N–H and O–H groups in total. The van der Waals surface area contributed by atoms with Gasteiger partial charge in [-0.05, 0) is 0 Å². The van der Waals surface area contributed by atoms with Gasteiger partial charge in [-0.25, -0.2) is 0 Å². The van der Waals surface area contributed by atoms with Crippen LogP contribution in [0.5, 0.6) is 0 Å². The predicted octanol–water partition coefficient (Wildman–Crippen LogP) is 2.81. The molecule has 0 unspecified atom stereocenters. The normalized spacial score (nSPS) is 14.1. The Morgan fingerprint density at radius 1 is 0.419 bits per heavy atom. The van der Waals surface area contributed by atoms with Crippen LogP contribution in [0, 0.1) is 0 Å². The van der Waals surface area contributed by atoms with Crippen molar-refractivity contribution in [2.45, 2.75) is 46.0 Å². The number of hydrogen-bond donors (Lipinski definition) is 0. The molecule has 0 heterocycles. The molecule has 0 aliphatic carbocycles. The van der Waals surface area contributed by atoms with E-state index in [2.05, 4.69) is 0 Å². The first-order valence-corrected chi connectivity index (χ1v) is 30.7. The molecular formula is C20H36Ge3O8. The molecule has 8 nitrogen and oxygen atoms in total. The van der Waals surface area contributed by atoms with E-state index >= 15 is 0 Å². The summed E-state index contributed by atoms with van der Waals surface area (Å²) in [6, 6.07) is 0. The molecule has 0 saturated heterocycles. The predicted molar refractivity (Wildman–Crippen MR) is 126 cm³/mol. The molecule has 31 heavy (non-hydrogen) atoms. The minimum atomic E-state index is -4.01. The van der Waals surface area contributed by atoms with Gasteiger partial charge in [0.15, 0.2) is 0 Å². The molecule has 0 aliphatic rings. The Morgan fingerprint density at radius 3 is 0.774 bits per heavy atom. The zero-order valence-corrected chi connectivity index (χ0v) is 27.1. The van der Waals surface area contributed by atoms with E-state index in [1.807, 2.05) is 34.5 Å². The second-order valence-electron chi connectivity index (χ2n) is 9.59. The van der Waals surface area contributed by atoms with E-state index in [-0.39, 0.29) is 8.81 Å². The average Bonchev–Trinajstić information content (AvgIpc) is 2.65. The fraction of sp³-hybridized carbons (Fsp3) is 0.600. The van der Waals surface area contributed by atoms with Crippen molar-refractivity contribution < 1.29 is 38.1 Å². The molecule has 0 aromatic rings. The number of methoxy groups -OCH3 is 4. The molecule has 0 atom stereocenters. The van der Waals surface area contributed by atoms with E-state index < -0.39 is 63.7 Å². The SMILES string of the molecule is COC(=O)/[C](=[C](\C(=O)OC)[Ge]([CH3])([CH3])/[C](C(=O)OC)=[C](/C(=O)OC)[Ge]([CH3])([CH3])[CH3])[Ge]([CH3])([CH3])[CH3]. The van der Waals surface area contributed by atoms with Gasteiger partial charge < -0.3 is 0 Å². The maximum absolute atomic E-state index is 13.1. The van der Waals surface area contributed by atoms with Gasteiger partial charge in [-0.3, -0.25) is 0 Å². The van der Waals surface area contributed by atoms with Gasteiger partial charge in [0.1, 0.15) is 0 Å². The van der Waals surface area contributed by atoms with Gasteiger partial charge in [0.25, 0.3) is 0 Å². The summed E-state index contributed by atoms with van der Waals surface area (Å²) in [4.78, 5) is 51.9. The van der Waals surface area contributed by atoms with Crippen molar-refractivity contribution in [3.8, 4) is 0 Å². The fourth-order valence-corrected chi connectivity index (χ4v) is 31.1. The van der Waals surface area contributed by atoms with Crippen LogP contribution in [0.15, 0.2) is 17.6 Å². The maximum atomic E-state index is 13.1. The number of ether oxygens (including phenoxy) is 4. The summed E-state index contributed by atoms with van der Waals surface area (Å²) < 4.78 is 21.2. The van der Waals surface area contributed by atoms with Crippen LogP contribution in [0.3, 0.4) is 0 Å². The Kier molecular flexibility index (Phi) is 10.9. The number of rotatable bonds is 8. The van der Waals surface area contributed by atoms with Crippen molar-refractivity contribution in [3.63, 3.8) is 0 Å². The third-order valence-electron chi connectivity index (χ3n) is 4.81. The molecule has 0 bridgehead atoms. The molecule has 0 aliphatic heterocycles. The Bertz CT molecular complexity index is 745. The van der Waals surface area contributed by atoms with Crippen LogP contribution in [0.4, 0.5) is 0 Å². The number of carbonyl (C=O) groups excluding carboxylic acids is 4. The Morgan fingerprint density at radius 2 is 0.613 bits per heavy atom. The first kappa shape index (κ1) is 30.0. The van der Waals surface area contributed by atoms with Crippen molar-refractivity contribution in [1.29, 1.82) is 0 Å². The van der Waals surface area contributed by atoms with E-state index in [4.69, 9.17) is 18.9 Å². The summed E-state index contributed by atoms with van der Waals surface area (Å²) >= 11 is -10.1. The van der Waals surface area contributed by atoms with Crippen LogP contribution in [-0.4, -0.2) is 92.1 Å². The van der Waals surface area contributed by atoms with Gasteiger partial charge in [-0.15, -0.1) is 0 Å². The van der Waals surface area contributed by atoms with Crippen LogP contribution in [0.2, 0.25) is 46.0 Å². The molecule has 0 amide bonds. The molecule has 11 heteroatoms. The Balaban J connectivity index is 7.93. The first-order chi connectivity index (χ1) is 13.9. The van der Waals surface area contributed by atoms with E-state index in [1.54, 1.807) is 11.5 Å². The van der Waals surface area contributed by atoms with Crippen LogP contribution in [0.1, 0.15) is 0 Å². The topological polar surface area (TPSA) is 105 Å². The average molecular weight is 622 g/mol. The summed E-state index contributed by atoms with van der Waals surface area (Å²) in [5.41, 5.74) is 0. The van der Waals surface area contributed by atoms with Crippen LogP contribution >= 0.6 is 0 Å². The summed E-state index contributed by atoms with van der Waals surface area (Å²) in [6.07, 6.45) is 0. The van der Waals surface area contributed by atoms with Gasteiger partial charge in [0.2, 0.25) is 0 Å². The zero-order chi connectivity index (χ0) is 24.9. The van der Waals surface area contributed by atoms with Gasteiger partial charge in [-0.2, -0.15) is 0 Å². The van der Waals surface area contributed by atoms with Gasteiger partial charge in [0, 0.05) is 0 Å². The second kappa shape index (κ2) is 11.2. The Hall–Kier alpha value is -1.01. The first-order valence-electron chi connectivity index (χ1n) is 9.77. The standard InChI is InChI=1S/C20H36Ge3O8/c1-21(2,3)13(17(24)28-9)15(19(26)30-11)23(7,8)16(20(27)31-12)14(18(25)29-10)22(4,5)6/h1-12H3/b15-13-,16-14-. The van der Waals surface area contributed by atoms with Crippen molar-refractivity contribution in [2.24, 2.45) is 0 Å². The minimum absolute atomic E-state index is 0.190. The summed E-state index contributed by atoms with van der Waals surface area (Å²) in [5, 5.41) is 0. The number of carbonyl (C=O) groups is 4. The third-order valence-corrected chi connectivity index (χ3v) is 22.4. The third kappa shape index (κ3) is 6.98. The molecule has 0 radical (unpaired) electrons. The molecule has 0 saturated carbocycles. The van der Waals surface area contributed by atoms with Crippen molar-refractivity contribution in [2.75, 3.05) is 28.4 Å². The summed E-state index contributed by atoms with van der Waals surface area (Å²) in [7, 11) is 4.98. The van der Waals surface area contributed by atoms with Crippen molar-refractivity contribution >= 4 is 63.7 Å². The van der Waals surface area contributed by atoms with Crippen LogP contribution in [0.25, 0.3) is 0 Å². The van der Waals surface area contributed by atoms with Gasteiger partial charge in [-0.1, -0.05) is 0 Å². The quantitative estimate of drug-likeness (QED) is 0.176. The van der Waals surface area contributed by atoms with E-state index in [1.165, 1.54) is 28.4 Å². The Labute approximate surface area is 193 Å². The van der Waals surface area contributed by atoms with E-state index in [9.17, 15) is 19.2 Å². The molecule has 0 rings (SSSR count). The monoisotopic (exact) mass is 626 g/mol. The second-order valence-corrected chi connectivity index (χ2v) is 39.5. The van der Waals surface area contributed by atoms with Crippen LogP contribution < -0.4 is 0 Å². The number of hydrogen-bond acceptors (Lipinski definition) is 8. The van der Waals surface area contributed by atoms with Gasteiger partial charge >= 0.3 is 194 Å². The molecule has 0 aromatic carbocycles. The zero-order valence-electron chi connectivity index (χ0n) is 20.8. The molecule has 0 aromatic heterocycles. The van der Waals surface area contributed by atoms with Gasteiger partial charge in [0.05, 0.1) is 0 Å². The number of esters is 4. The summed E-state index contributed by atoms with van der Waals surface area (Å²) in [6.45, 7) is 0. The van der Waals surface area contributed by atoms with E-state index in [0.717, 1.165) is 0 Å².